The second-order valence-corrected chi connectivity index (χ2v) is 7.81. The number of benzene rings is 2. The lowest BCUT2D eigenvalue weighted by atomic mass is 10.1. The van der Waals surface area contributed by atoms with E-state index in [4.69, 9.17) is 13.9 Å². The highest BCUT2D eigenvalue weighted by atomic mass is 16.5. The summed E-state index contributed by atoms with van der Waals surface area (Å²) < 4.78 is 17.5. The van der Waals surface area contributed by atoms with Crippen LogP contribution in [0.4, 0.5) is 0 Å². The Balaban J connectivity index is 1.69. The van der Waals surface area contributed by atoms with Crippen molar-refractivity contribution < 1.29 is 23.5 Å². The van der Waals surface area contributed by atoms with Crippen molar-refractivity contribution in [2.45, 2.75) is 19.1 Å². The van der Waals surface area contributed by atoms with E-state index in [9.17, 15) is 9.59 Å². The summed E-state index contributed by atoms with van der Waals surface area (Å²) in [5.41, 5.74) is 2.20. The van der Waals surface area contributed by atoms with Gasteiger partial charge >= 0.3 is 0 Å². The van der Waals surface area contributed by atoms with E-state index in [2.05, 4.69) is 15.6 Å². The van der Waals surface area contributed by atoms with Gasteiger partial charge in [-0.3, -0.25) is 9.59 Å². The maximum absolute atomic E-state index is 13.7. The summed E-state index contributed by atoms with van der Waals surface area (Å²) in [5.74, 6) is 0.291. The highest BCUT2D eigenvalue weighted by molar-refractivity contribution is 5.88. The van der Waals surface area contributed by atoms with Crippen LogP contribution in [-0.2, 0) is 27.4 Å². The van der Waals surface area contributed by atoms with Gasteiger partial charge in [-0.15, -0.1) is 5.10 Å². The highest BCUT2D eigenvalue weighted by Crippen LogP contribution is 2.26. The zero-order chi connectivity index (χ0) is 24.6. The van der Waals surface area contributed by atoms with Gasteiger partial charge in [-0.2, -0.15) is 0 Å². The first-order valence-electron chi connectivity index (χ1n) is 11.1. The Bertz CT molecular complexity index is 1270. The molecule has 10 nitrogen and oxygen atoms in total. The zero-order valence-electron chi connectivity index (χ0n) is 19.6. The Kier molecular flexibility index (Phi) is 7.74. The van der Waals surface area contributed by atoms with E-state index in [1.165, 1.54) is 15.8 Å². The maximum Gasteiger partial charge on any atom is 0.250 e. The predicted molar refractivity (Wildman–Crippen MR) is 127 cm³/mol. The van der Waals surface area contributed by atoms with Crippen LogP contribution >= 0.6 is 0 Å². The number of furan rings is 1. The number of hydrogen-bond donors (Lipinski definition) is 1. The Labute approximate surface area is 202 Å². The smallest absolute Gasteiger partial charge is 0.250 e. The van der Waals surface area contributed by atoms with Crippen molar-refractivity contribution in [2.75, 3.05) is 27.4 Å². The summed E-state index contributed by atoms with van der Waals surface area (Å²) >= 11 is 0. The van der Waals surface area contributed by atoms with Crippen LogP contribution < -0.4 is 10.1 Å². The lowest BCUT2D eigenvalue weighted by molar-refractivity contribution is -0.143. The van der Waals surface area contributed by atoms with Gasteiger partial charge in [0.25, 0.3) is 5.91 Å². The van der Waals surface area contributed by atoms with E-state index < -0.39 is 6.04 Å². The normalized spacial score (nSPS) is 11.8. The molecule has 1 N–H and O–H groups in total. The molecule has 0 radical (unpaired) electrons. The SMILES string of the molecule is COCCNC(=O)[C@H](c1ccco1)N(Cc1cccc(OC)c1)C(=O)Cn1nnc2ccccc21. The molecular weight excluding hydrogens is 450 g/mol. The molecule has 2 aromatic carbocycles. The van der Waals surface area contributed by atoms with Crippen molar-refractivity contribution in [3.05, 3.63) is 78.3 Å². The third-order valence-electron chi connectivity index (χ3n) is 5.49. The van der Waals surface area contributed by atoms with E-state index in [-0.39, 0.29) is 24.9 Å². The van der Waals surface area contributed by atoms with Crippen LogP contribution in [0.25, 0.3) is 11.0 Å². The predicted octanol–water partition coefficient (Wildman–Crippen LogP) is 2.57. The summed E-state index contributed by atoms with van der Waals surface area (Å²) in [6.07, 6.45) is 1.48. The van der Waals surface area contributed by atoms with Crippen LogP contribution in [0, 0.1) is 0 Å². The third-order valence-corrected chi connectivity index (χ3v) is 5.49. The van der Waals surface area contributed by atoms with Crippen molar-refractivity contribution in [1.29, 1.82) is 0 Å². The fraction of sp³-hybridized carbons (Fsp3) is 0.280. The average Bonchev–Trinajstić information content (AvgIpc) is 3.55. The molecule has 4 rings (SSSR count). The molecule has 0 unspecified atom stereocenters. The number of rotatable bonds is 11. The van der Waals surface area contributed by atoms with Crippen molar-refractivity contribution in [2.24, 2.45) is 0 Å². The molecule has 35 heavy (non-hydrogen) atoms. The first-order valence-corrected chi connectivity index (χ1v) is 11.1. The van der Waals surface area contributed by atoms with E-state index in [0.29, 0.717) is 30.2 Å². The Morgan fingerprint density at radius 3 is 2.74 bits per heavy atom. The largest absolute Gasteiger partial charge is 0.497 e. The van der Waals surface area contributed by atoms with Crippen LogP contribution in [0.2, 0.25) is 0 Å². The number of nitrogens with zero attached hydrogens (tertiary/aromatic N) is 4. The molecule has 0 aliphatic carbocycles. The van der Waals surface area contributed by atoms with Crippen LogP contribution in [0.1, 0.15) is 17.4 Å². The Morgan fingerprint density at radius 2 is 1.97 bits per heavy atom. The molecule has 0 saturated heterocycles. The number of hydrogen-bond acceptors (Lipinski definition) is 7. The molecule has 0 bridgehead atoms. The lowest BCUT2D eigenvalue weighted by Crippen LogP contribution is -2.45. The van der Waals surface area contributed by atoms with Crippen molar-refractivity contribution in [1.82, 2.24) is 25.2 Å². The molecule has 0 spiro atoms. The minimum Gasteiger partial charge on any atom is -0.497 e. The number of nitrogens with one attached hydrogen (secondary N) is 1. The fourth-order valence-electron chi connectivity index (χ4n) is 3.79. The molecule has 0 aliphatic rings. The van der Waals surface area contributed by atoms with Gasteiger partial charge in [0.1, 0.15) is 23.6 Å². The van der Waals surface area contributed by atoms with Crippen LogP contribution in [-0.4, -0.2) is 59.1 Å². The Hall–Kier alpha value is -4.18. The molecule has 182 valence electrons. The molecule has 2 aromatic heterocycles. The fourth-order valence-corrected chi connectivity index (χ4v) is 3.79. The molecule has 10 heteroatoms. The standard InChI is InChI=1S/C25H27N5O5/c1-33-14-12-26-25(32)24(22-11-6-13-35-22)29(16-18-7-5-8-19(15-18)34-2)23(31)17-30-21-10-4-3-9-20(21)27-28-30/h3-11,13,15,24H,12,14,16-17H2,1-2H3,(H,26,32)/t24-/m0/s1. The van der Waals surface area contributed by atoms with Gasteiger partial charge in [-0.25, -0.2) is 4.68 Å². The maximum atomic E-state index is 13.7. The summed E-state index contributed by atoms with van der Waals surface area (Å²) in [7, 11) is 3.13. The van der Waals surface area contributed by atoms with Crippen LogP contribution in [0.5, 0.6) is 5.75 Å². The van der Waals surface area contributed by atoms with Gasteiger partial charge in [-0.1, -0.05) is 29.5 Å². The first-order chi connectivity index (χ1) is 17.1. The molecule has 2 amide bonds. The summed E-state index contributed by atoms with van der Waals surface area (Å²) in [4.78, 5) is 28.5. The highest BCUT2D eigenvalue weighted by Gasteiger charge is 2.34. The first kappa shape index (κ1) is 24.0. The molecule has 0 aliphatic heterocycles. The molecule has 2 heterocycles. The second-order valence-electron chi connectivity index (χ2n) is 7.81. The van der Waals surface area contributed by atoms with Crippen LogP contribution in [0.3, 0.4) is 0 Å². The molecule has 0 saturated carbocycles. The summed E-state index contributed by atoms with van der Waals surface area (Å²) in [6.45, 7) is 0.672. The number of fused-ring (bicyclic) bond motifs is 1. The number of carbonyl (C=O) groups excluding carboxylic acids is 2. The summed E-state index contributed by atoms with van der Waals surface area (Å²) in [5, 5.41) is 11.1. The topological polar surface area (TPSA) is 112 Å². The Morgan fingerprint density at radius 1 is 1.11 bits per heavy atom. The number of methoxy groups -OCH3 is 2. The molecule has 1 atom stereocenters. The zero-order valence-corrected chi connectivity index (χ0v) is 19.6. The molecular formula is C25H27N5O5. The minimum atomic E-state index is -1.00. The quantitative estimate of drug-likeness (QED) is 0.331. The summed E-state index contributed by atoms with van der Waals surface area (Å²) in [6, 6.07) is 17.1. The van der Waals surface area contributed by atoms with Crippen molar-refractivity contribution in [3.8, 4) is 5.75 Å². The van der Waals surface area contributed by atoms with E-state index >= 15 is 0 Å². The number of aromatic nitrogens is 3. The molecule has 0 fully saturated rings. The molecule has 4 aromatic rings. The van der Waals surface area contributed by atoms with Gasteiger partial charge in [0.05, 0.1) is 25.5 Å². The third kappa shape index (κ3) is 5.67. The van der Waals surface area contributed by atoms with E-state index in [0.717, 1.165) is 11.1 Å². The number of ether oxygens (including phenoxy) is 2. The minimum absolute atomic E-state index is 0.104. The van der Waals surface area contributed by atoms with Gasteiger partial charge in [0.2, 0.25) is 5.91 Å². The lowest BCUT2D eigenvalue weighted by Gasteiger charge is -2.30. The second kappa shape index (κ2) is 11.3. The van der Waals surface area contributed by atoms with Gasteiger partial charge < -0.3 is 24.1 Å². The van der Waals surface area contributed by atoms with E-state index in [1.807, 2.05) is 48.5 Å². The van der Waals surface area contributed by atoms with Crippen LogP contribution in [0.15, 0.2) is 71.3 Å². The number of carbonyl (C=O) groups is 2. The van der Waals surface area contributed by atoms with Crippen molar-refractivity contribution in [3.63, 3.8) is 0 Å². The number of para-hydroxylation sites is 1. The number of amides is 2. The monoisotopic (exact) mass is 477 g/mol. The van der Waals surface area contributed by atoms with Gasteiger partial charge in [0.15, 0.2) is 6.04 Å². The average molecular weight is 478 g/mol. The van der Waals surface area contributed by atoms with E-state index in [1.54, 1.807) is 26.4 Å². The van der Waals surface area contributed by atoms with Gasteiger partial charge in [0, 0.05) is 20.2 Å². The van der Waals surface area contributed by atoms with Gasteiger partial charge in [-0.05, 0) is 42.0 Å². The van der Waals surface area contributed by atoms with Crippen molar-refractivity contribution >= 4 is 22.8 Å².